The number of rotatable bonds is 11. The van der Waals surface area contributed by atoms with Gasteiger partial charge in [-0.1, -0.05) is 60.7 Å². The maximum Gasteiger partial charge on any atom is 0.261 e. The Morgan fingerprint density at radius 3 is 2.00 bits per heavy atom. The van der Waals surface area contributed by atoms with Crippen LogP contribution in [0.3, 0.4) is 0 Å². The number of anilines is 1. The molecule has 0 heterocycles. The van der Waals surface area contributed by atoms with Gasteiger partial charge in [-0.15, -0.1) is 0 Å². The van der Waals surface area contributed by atoms with Crippen molar-refractivity contribution < 1.29 is 19.0 Å². The van der Waals surface area contributed by atoms with Crippen molar-refractivity contribution in [1.82, 2.24) is 5.32 Å². The van der Waals surface area contributed by atoms with E-state index in [9.17, 15) is 4.79 Å². The number of amides is 1. The Kier molecular flexibility index (Phi) is 9.49. The Labute approximate surface area is 222 Å². The lowest BCUT2D eigenvalue weighted by Crippen LogP contribution is -2.34. The van der Waals surface area contributed by atoms with Gasteiger partial charge in [0.25, 0.3) is 5.91 Å². The summed E-state index contributed by atoms with van der Waals surface area (Å²) >= 11 is 5.34. The lowest BCUT2D eigenvalue weighted by atomic mass is 10.2. The molecule has 1 amide bonds. The van der Waals surface area contributed by atoms with Crippen LogP contribution in [0.5, 0.6) is 17.2 Å². The minimum atomic E-state index is -0.363. The molecule has 0 aliphatic heterocycles. The maximum atomic E-state index is 12.8. The van der Waals surface area contributed by atoms with Crippen LogP contribution in [0, 0.1) is 0 Å². The molecule has 7 heteroatoms. The summed E-state index contributed by atoms with van der Waals surface area (Å²) in [6, 6.07) is 34.1. The zero-order valence-electron chi connectivity index (χ0n) is 20.3. The summed E-state index contributed by atoms with van der Waals surface area (Å²) in [7, 11) is 0. The van der Waals surface area contributed by atoms with Gasteiger partial charge in [0.1, 0.15) is 30.5 Å². The molecule has 0 radical (unpaired) electrons. The Morgan fingerprint density at radius 2 is 1.24 bits per heavy atom. The van der Waals surface area contributed by atoms with Crippen LogP contribution in [0.2, 0.25) is 0 Å². The van der Waals surface area contributed by atoms with Crippen LogP contribution < -0.4 is 24.8 Å². The summed E-state index contributed by atoms with van der Waals surface area (Å²) in [5, 5.41) is 5.92. The van der Waals surface area contributed by atoms with Crippen molar-refractivity contribution in [1.29, 1.82) is 0 Å². The average molecular weight is 513 g/mol. The smallest absolute Gasteiger partial charge is 0.261 e. The van der Waals surface area contributed by atoms with Crippen molar-refractivity contribution in [2.45, 2.75) is 6.42 Å². The fourth-order valence-electron chi connectivity index (χ4n) is 3.51. The van der Waals surface area contributed by atoms with E-state index in [1.54, 1.807) is 18.2 Å². The van der Waals surface area contributed by atoms with Gasteiger partial charge in [0.2, 0.25) is 0 Å². The zero-order valence-corrected chi connectivity index (χ0v) is 21.1. The monoisotopic (exact) mass is 512 g/mol. The number of thiocarbonyl (C=S) groups is 1. The van der Waals surface area contributed by atoms with Crippen LogP contribution in [0.1, 0.15) is 15.9 Å². The van der Waals surface area contributed by atoms with Crippen molar-refractivity contribution in [2.24, 2.45) is 0 Å². The first-order valence-electron chi connectivity index (χ1n) is 12.0. The number of hydrogen-bond donors (Lipinski definition) is 2. The lowest BCUT2D eigenvalue weighted by Gasteiger charge is -2.14. The first-order chi connectivity index (χ1) is 18.2. The summed E-state index contributed by atoms with van der Waals surface area (Å²) < 4.78 is 17.3. The highest BCUT2D eigenvalue weighted by Gasteiger charge is 2.14. The molecule has 0 unspecified atom stereocenters. The molecule has 0 aromatic heterocycles. The van der Waals surface area contributed by atoms with Crippen LogP contribution in [0.4, 0.5) is 5.69 Å². The minimum Gasteiger partial charge on any atom is -0.493 e. The number of hydrogen-bond acceptors (Lipinski definition) is 5. The highest BCUT2D eigenvalue weighted by molar-refractivity contribution is 7.80. The van der Waals surface area contributed by atoms with Crippen molar-refractivity contribution in [2.75, 3.05) is 25.1 Å². The second-order valence-corrected chi connectivity index (χ2v) is 8.43. The second kappa shape index (κ2) is 13.7. The van der Waals surface area contributed by atoms with Crippen molar-refractivity contribution in [3.05, 3.63) is 120 Å². The fraction of sp³-hybridized carbons (Fsp3) is 0.133. The Morgan fingerprint density at radius 1 is 0.649 bits per heavy atom. The normalized spacial score (nSPS) is 10.3. The molecule has 0 spiro atoms. The number of ether oxygens (including phenoxy) is 3. The van der Waals surface area contributed by atoms with Gasteiger partial charge < -0.3 is 19.5 Å². The molecule has 0 saturated carbocycles. The van der Waals surface area contributed by atoms with Crippen molar-refractivity contribution in [3.63, 3.8) is 0 Å². The molecular formula is C30H28N2O4S. The van der Waals surface area contributed by atoms with Gasteiger partial charge in [-0.05, 0) is 66.3 Å². The molecular weight excluding hydrogens is 484 g/mol. The second-order valence-electron chi connectivity index (χ2n) is 8.02. The summed E-state index contributed by atoms with van der Waals surface area (Å²) in [5.41, 5.74) is 2.35. The third-order valence-corrected chi connectivity index (χ3v) is 5.53. The molecule has 4 aromatic carbocycles. The summed E-state index contributed by atoms with van der Waals surface area (Å²) in [5.74, 6) is 1.62. The maximum absolute atomic E-state index is 12.8. The molecule has 0 aliphatic rings. The molecule has 188 valence electrons. The lowest BCUT2D eigenvalue weighted by molar-refractivity contribution is 0.0972. The van der Waals surface area contributed by atoms with Gasteiger partial charge in [-0.3, -0.25) is 10.1 Å². The summed E-state index contributed by atoms with van der Waals surface area (Å²) in [6.07, 6.45) is 0.836. The van der Waals surface area contributed by atoms with E-state index < -0.39 is 0 Å². The van der Waals surface area contributed by atoms with E-state index in [1.807, 2.05) is 78.9 Å². The van der Waals surface area contributed by atoms with Crippen molar-refractivity contribution >= 4 is 28.9 Å². The van der Waals surface area contributed by atoms with Crippen LogP contribution in [-0.2, 0) is 6.42 Å². The molecule has 4 aromatic rings. The number of carbonyl (C=O) groups is 1. The van der Waals surface area contributed by atoms with E-state index in [0.29, 0.717) is 31.1 Å². The fourth-order valence-corrected chi connectivity index (χ4v) is 3.72. The molecule has 0 fully saturated rings. The molecule has 2 N–H and O–H groups in total. The highest BCUT2D eigenvalue weighted by Crippen LogP contribution is 2.19. The number of para-hydroxylation sites is 2. The zero-order chi connectivity index (χ0) is 25.7. The van der Waals surface area contributed by atoms with Gasteiger partial charge in [0.05, 0.1) is 12.2 Å². The third kappa shape index (κ3) is 8.37. The first-order valence-corrected chi connectivity index (χ1v) is 12.4. The number of benzene rings is 4. The SMILES string of the molecule is O=C(NC(=S)Nc1ccc(OCCc2ccccc2)cc1)c1ccccc1OCCOc1ccccc1. The van der Waals surface area contributed by atoms with Gasteiger partial charge in [-0.2, -0.15) is 0 Å². The summed E-state index contributed by atoms with van der Waals surface area (Å²) in [4.78, 5) is 12.8. The molecule has 0 saturated heterocycles. The predicted octanol–water partition coefficient (Wildman–Crippen LogP) is 5.89. The first kappa shape index (κ1) is 25.7. The standard InChI is InChI=1S/C30H28N2O4S/c33-29(27-13-7-8-14-28(27)36-22-21-35-25-11-5-2-6-12-25)32-30(37)31-24-15-17-26(18-16-24)34-20-19-23-9-3-1-4-10-23/h1-18H,19-22H2,(H2,31,32,33,37). The molecule has 4 rings (SSSR count). The van der Waals surface area contributed by atoms with Gasteiger partial charge in [-0.25, -0.2) is 0 Å². The highest BCUT2D eigenvalue weighted by atomic mass is 32.1. The van der Waals surface area contributed by atoms with E-state index in [0.717, 1.165) is 23.6 Å². The van der Waals surface area contributed by atoms with Crippen molar-refractivity contribution in [3.8, 4) is 17.2 Å². The summed E-state index contributed by atoms with van der Waals surface area (Å²) in [6.45, 7) is 1.23. The van der Waals surface area contributed by atoms with Crippen LogP contribution in [0.15, 0.2) is 109 Å². The molecule has 37 heavy (non-hydrogen) atoms. The predicted molar refractivity (Wildman–Crippen MR) is 150 cm³/mol. The molecule has 6 nitrogen and oxygen atoms in total. The molecule has 0 aliphatic carbocycles. The average Bonchev–Trinajstić information content (AvgIpc) is 2.93. The van der Waals surface area contributed by atoms with Gasteiger partial charge in [0, 0.05) is 12.1 Å². The third-order valence-electron chi connectivity index (χ3n) is 5.33. The minimum absolute atomic E-state index is 0.185. The van der Waals surface area contributed by atoms with Crippen LogP contribution in [0.25, 0.3) is 0 Å². The number of nitrogens with one attached hydrogen (secondary N) is 2. The quantitative estimate of drug-likeness (QED) is 0.193. The Bertz CT molecular complexity index is 1280. The Hall–Kier alpha value is -4.36. The van der Waals surface area contributed by atoms with E-state index in [2.05, 4.69) is 22.8 Å². The van der Waals surface area contributed by atoms with E-state index in [4.69, 9.17) is 26.4 Å². The van der Waals surface area contributed by atoms with Gasteiger partial charge >= 0.3 is 0 Å². The van der Waals surface area contributed by atoms with E-state index >= 15 is 0 Å². The Balaban J connectivity index is 1.22. The topological polar surface area (TPSA) is 68.8 Å². The van der Waals surface area contributed by atoms with Gasteiger partial charge in [0.15, 0.2) is 5.11 Å². The number of carbonyl (C=O) groups excluding carboxylic acids is 1. The molecule has 0 atom stereocenters. The van der Waals surface area contributed by atoms with Crippen LogP contribution >= 0.6 is 12.2 Å². The van der Waals surface area contributed by atoms with Crippen LogP contribution in [-0.4, -0.2) is 30.8 Å². The largest absolute Gasteiger partial charge is 0.493 e. The van der Waals surface area contributed by atoms with E-state index in [-0.39, 0.29) is 11.0 Å². The molecule has 0 bridgehead atoms. The van der Waals surface area contributed by atoms with E-state index in [1.165, 1.54) is 5.56 Å².